The van der Waals surface area contributed by atoms with Crippen LogP contribution in [0.3, 0.4) is 0 Å². The van der Waals surface area contributed by atoms with Gasteiger partial charge in [-0.2, -0.15) is 0 Å². The predicted octanol–water partition coefficient (Wildman–Crippen LogP) is -0.180. The molecule has 0 radical (unpaired) electrons. The maximum absolute atomic E-state index is 11.9. The molecule has 0 aliphatic heterocycles. The Bertz CT molecular complexity index is 368. The molecule has 1 unspecified atom stereocenters. The van der Waals surface area contributed by atoms with Crippen LogP contribution in [0.4, 0.5) is 5.82 Å². The number of nitrogens with zero attached hydrogens (tertiary/aromatic N) is 2. The molecule has 1 heterocycles. The van der Waals surface area contributed by atoms with Gasteiger partial charge in [-0.25, -0.2) is 10.8 Å². The number of nitrogen functional groups attached to an aromatic ring is 1. The van der Waals surface area contributed by atoms with E-state index in [4.69, 9.17) is 5.84 Å². The first-order chi connectivity index (χ1) is 7.56. The number of carbonyl (C=O) groups excluding carboxylic acids is 1. The van der Waals surface area contributed by atoms with Crippen LogP contribution in [0.15, 0.2) is 18.3 Å². The van der Waals surface area contributed by atoms with Crippen molar-refractivity contribution < 1.29 is 9.90 Å². The highest BCUT2D eigenvalue weighted by Gasteiger charge is 2.16. The van der Waals surface area contributed by atoms with Crippen molar-refractivity contribution >= 4 is 11.7 Å². The molecule has 0 aliphatic rings. The Morgan fingerprint density at radius 1 is 1.75 bits per heavy atom. The molecule has 1 rings (SSSR count). The number of aliphatic hydroxyl groups is 1. The average molecular weight is 224 g/mol. The second-order valence-electron chi connectivity index (χ2n) is 3.58. The minimum atomic E-state index is -0.570. The largest absolute Gasteiger partial charge is 0.392 e. The second-order valence-corrected chi connectivity index (χ2v) is 3.58. The number of hydrogen-bond donors (Lipinski definition) is 3. The van der Waals surface area contributed by atoms with E-state index in [1.807, 2.05) is 0 Å². The Morgan fingerprint density at radius 2 is 2.44 bits per heavy atom. The van der Waals surface area contributed by atoms with Crippen LogP contribution in [0, 0.1) is 0 Å². The Balaban J connectivity index is 2.87. The minimum Gasteiger partial charge on any atom is -0.392 e. The summed E-state index contributed by atoms with van der Waals surface area (Å²) in [4.78, 5) is 17.3. The highest BCUT2D eigenvalue weighted by molar-refractivity contribution is 5.98. The van der Waals surface area contributed by atoms with E-state index >= 15 is 0 Å². The van der Waals surface area contributed by atoms with Gasteiger partial charge in [-0.15, -0.1) is 0 Å². The number of rotatable bonds is 4. The van der Waals surface area contributed by atoms with E-state index in [9.17, 15) is 9.90 Å². The average Bonchev–Trinajstić information content (AvgIpc) is 2.27. The van der Waals surface area contributed by atoms with E-state index in [1.54, 1.807) is 32.3 Å². The number of hydrazine groups is 1. The molecule has 0 spiro atoms. The summed E-state index contributed by atoms with van der Waals surface area (Å²) >= 11 is 0. The highest BCUT2D eigenvalue weighted by atomic mass is 16.3. The fourth-order valence-electron chi connectivity index (χ4n) is 1.38. The molecular weight excluding hydrogens is 208 g/mol. The van der Waals surface area contributed by atoms with Crippen molar-refractivity contribution in [3.63, 3.8) is 0 Å². The molecule has 1 atom stereocenters. The molecule has 0 bridgehead atoms. The fraction of sp³-hybridized carbons (Fsp3) is 0.400. The zero-order valence-corrected chi connectivity index (χ0v) is 9.34. The molecule has 1 aromatic rings. The Kier molecular flexibility index (Phi) is 4.21. The Labute approximate surface area is 94.1 Å². The van der Waals surface area contributed by atoms with Gasteiger partial charge in [0.1, 0.15) is 0 Å². The van der Waals surface area contributed by atoms with Crippen LogP contribution in [-0.2, 0) is 0 Å². The molecule has 0 aliphatic carbocycles. The van der Waals surface area contributed by atoms with Crippen molar-refractivity contribution in [1.29, 1.82) is 0 Å². The molecular formula is C10H16N4O2. The van der Waals surface area contributed by atoms with Gasteiger partial charge in [0.2, 0.25) is 0 Å². The van der Waals surface area contributed by atoms with E-state index in [1.165, 1.54) is 4.90 Å². The summed E-state index contributed by atoms with van der Waals surface area (Å²) in [5.41, 5.74) is 2.75. The lowest BCUT2D eigenvalue weighted by atomic mass is 10.2. The molecule has 0 fully saturated rings. The number of amides is 1. The molecule has 6 nitrogen and oxygen atoms in total. The molecule has 16 heavy (non-hydrogen) atoms. The van der Waals surface area contributed by atoms with Gasteiger partial charge in [0, 0.05) is 19.8 Å². The summed E-state index contributed by atoms with van der Waals surface area (Å²) in [6, 6.07) is 3.29. The third-order valence-corrected chi connectivity index (χ3v) is 2.06. The highest BCUT2D eigenvalue weighted by Crippen LogP contribution is 2.12. The molecule has 0 saturated heterocycles. The number of carbonyl (C=O) groups is 1. The third-order valence-electron chi connectivity index (χ3n) is 2.06. The molecule has 0 aromatic carbocycles. The van der Waals surface area contributed by atoms with E-state index in [0.717, 1.165) is 0 Å². The number of pyridine rings is 1. The zero-order valence-electron chi connectivity index (χ0n) is 9.34. The van der Waals surface area contributed by atoms with Crippen molar-refractivity contribution in [2.45, 2.75) is 13.0 Å². The molecule has 4 N–H and O–H groups in total. The van der Waals surface area contributed by atoms with Gasteiger partial charge in [-0.1, -0.05) is 0 Å². The van der Waals surface area contributed by atoms with Gasteiger partial charge in [-0.05, 0) is 19.1 Å². The van der Waals surface area contributed by atoms with Crippen LogP contribution >= 0.6 is 0 Å². The van der Waals surface area contributed by atoms with Crippen LogP contribution in [-0.4, -0.2) is 40.6 Å². The number of nitrogens with two attached hydrogens (primary N) is 1. The van der Waals surface area contributed by atoms with Crippen LogP contribution in [0.5, 0.6) is 0 Å². The molecule has 1 amide bonds. The number of aliphatic hydroxyl groups excluding tert-OH is 1. The van der Waals surface area contributed by atoms with Crippen molar-refractivity contribution in [2.75, 3.05) is 19.0 Å². The minimum absolute atomic E-state index is 0.234. The number of aromatic nitrogens is 1. The summed E-state index contributed by atoms with van der Waals surface area (Å²) in [5.74, 6) is 5.35. The summed E-state index contributed by atoms with van der Waals surface area (Å²) in [6.45, 7) is 1.88. The molecule has 6 heteroatoms. The lowest BCUT2D eigenvalue weighted by Crippen LogP contribution is -2.33. The fourth-order valence-corrected chi connectivity index (χ4v) is 1.38. The summed E-state index contributed by atoms with van der Waals surface area (Å²) < 4.78 is 0. The van der Waals surface area contributed by atoms with Crippen LogP contribution in [0.2, 0.25) is 0 Å². The van der Waals surface area contributed by atoms with Gasteiger partial charge in [-0.3, -0.25) is 4.79 Å². The topological polar surface area (TPSA) is 91.5 Å². The standard InChI is InChI=1S/C10H16N4O2/c1-7(15)6-14(2)10(16)8-4-3-5-12-9(8)13-11/h3-5,7,15H,6,11H2,1-2H3,(H,12,13). The summed E-state index contributed by atoms with van der Waals surface area (Å²) in [6.07, 6.45) is 0.973. The molecule has 1 aromatic heterocycles. The maximum Gasteiger partial charge on any atom is 0.257 e. The van der Waals surface area contributed by atoms with Crippen molar-refractivity contribution in [3.8, 4) is 0 Å². The zero-order chi connectivity index (χ0) is 12.1. The smallest absolute Gasteiger partial charge is 0.257 e. The maximum atomic E-state index is 11.9. The summed E-state index contributed by atoms with van der Waals surface area (Å²) in [7, 11) is 1.61. The van der Waals surface area contributed by atoms with Crippen LogP contribution in [0.1, 0.15) is 17.3 Å². The Morgan fingerprint density at radius 3 is 3.00 bits per heavy atom. The predicted molar refractivity (Wildman–Crippen MR) is 60.7 cm³/mol. The SMILES string of the molecule is CC(O)CN(C)C(=O)c1cccnc1NN. The van der Waals surface area contributed by atoms with Crippen LogP contribution < -0.4 is 11.3 Å². The van der Waals surface area contributed by atoms with Gasteiger partial charge < -0.3 is 15.4 Å². The van der Waals surface area contributed by atoms with Gasteiger partial charge in [0.05, 0.1) is 11.7 Å². The first-order valence-corrected chi connectivity index (χ1v) is 4.91. The second kappa shape index (κ2) is 5.43. The normalized spacial score (nSPS) is 12.0. The monoisotopic (exact) mass is 224 g/mol. The number of hydrogen-bond acceptors (Lipinski definition) is 5. The first-order valence-electron chi connectivity index (χ1n) is 4.91. The first kappa shape index (κ1) is 12.4. The van der Waals surface area contributed by atoms with Gasteiger partial charge in [0.25, 0.3) is 5.91 Å². The number of likely N-dealkylation sites (N-methyl/N-ethyl adjacent to an activating group) is 1. The van der Waals surface area contributed by atoms with E-state index in [0.29, 0.717) is 11.4 Å². The van der Waals surface area contributed by atoms with Crippen molar-refractivity contribution in [2.24, 2.45) is 5.84 Å². The lowest BCUT2D eigenvalue weighted by Gasteiger charge is -2.19. The van der Waals surface area contributed by atoms with Gasteiger partial charge in [0.15, 0.2) is 5.82 Å². The lowest BCUT2D eigenvalue weighted by molar-refractivity contribution is 0.0704. The number of anilines is 1. The van der Waals surface area contributed by atoms with E-state index < -0.39 is 6.10 Å². The Hall–Kier alpha value is -1.66. The van der Waals surface area contributed by atoms with Gasteiger partial charge >= 0.3 is 0 Å². The van der Waals surface area contributed by atoms with Crippen molar-refractivity contribution in [3.05, 3.63) is 23.9 Å². The third kappa shape index (κ3) is 2.91. The molecule has 0 saturated carbocycles. The van der Waals surface area contributed by atoms with E-state index in [2.05, 4.69) is 10.4 Å². The van der Waals surface area contributed by atoms with Crippen molar-refractivity contribution in [1.82, 2.24) is 9.88 Å². The number of nitrogens with one attached hydrogen (secondary N) is 1. The van der Waals surface area contributed by atoms with Crippen LogP contribution in [0.25, 0.3) is 0 Å². The molecule has 88 valence electrons. The quantitative estimate of drug-likeness (QED) is 0.487. The van der Waals surface area contributed by atoms with E-state index in [-0.39, 0.29) is 12.5 Å². The summed E-state index contributed by atoms with van der Waals surface area (Å²) in [5, 5.41) is 9.20.